The number of hydrogen-bond acceptors (Lipinski definition) is 4. The summed E-state index contributed by atoms with van der Waals surface area (Å²) in [6, 6.07) is 5.10. The molecule has 100 valence electrons. The van der Waals surface area contributed by atoms with Crippen molar-refractivity contribution >= 4 is 11.4 Å². The second-order valence-electron chi connectivity index (χ2n) is 4.77. The number of nitrogens with zero attached hydrogens (tertiary/aromatic N) is 1. The molecule has 5 nitrogen and oxygen atoms in total. The largest absolute Gasteiger partial charge is 0.396 e. The first-order valence-electron chi connectivity index (χ1n) is 6.06. The molecule has 0 heterocycles. The fourth-order valence-corrected chi connectivity index (χ4v) is 1.81. The molecular formula is C13H20N2O3. The fourth-order valence-electron chi connectivity index (χ4n) is 1.81. The molecule has 0 aliphatic carbocycles. The van der Waals surface area contributed by atoms with Gasteiger partial charge in [0.1, 0.15) is 0 Å². The Morgan fingerprint density at radius 1 is 1.50 bits per heavy atom. The smallest absolute Gasteiger partial charge is 0.274 e. The summed E-state index contributed by atoms with van der Waals surface area (Å²) in [5.74, 6) is 0. The third kappa shape index (κ3) is 3.43. The molecule has 1 atom stereocenters. The standard InChI is InChI=1S/C13H20N2O3/c1-4-13(3,7-8-16)14-11-6-5-10(2)12(9-11)15(17)18/h5-6,9,14,16H,4,7-8H2,1-3H3. The Labute approximate surface area is 107 Å². The minimum absolute atomic E-state index is 0.0886. The predicted octanol–water partition coefficient (Wildman–Crippen LogP) is 2.87. The lowest BCUT2D eigenvalue weighted by molar-refractivity contribution is -0.385. The molecule has 0 amide bonds. The van der Waals surface area contributed by atoms with Crippen molar-refractivity contribution in [2.45, 2.75) is 39.2 Å². The van der Waals surface area contributed by atoms with Crippen molar-refractivity contribution in [2.75, 3.05) is 11.9 Å². The molecule has 1 unspecified atom stereocenters. The van der Waals surface area contributed by atoms with Crippen LogP contribution in [0.25, 0.3) is 0 Å². The van der Waals surface area contributed by atoms with Gasteiger partial charge in [0.15, 0.2) is 0 Å². The highest BCUT2D eigenvalue weighted by molar-refractivity contribution is 5.56. The number of benzene rings is 1. The van der Waals surface area contributed by atoms with E-state index in [4.69, 9.17) is 5.11 Å². The highest BCUT2D eigenvalue weighted by Gasteiger charge is 2.22. The Balaban J connectivity index is 2.97. The first-order chi connectivity index (χ1) is 8.41. The summed E-state index contributed by atoms with van der Waals surface area (Å²) < 4.78 is 0. The van der Waals surface area contributed by atoms with Gasteiger partial charge in [-0.25, -0.2) is 0 Å². The molecule has 0 saturated carbocycles. The van der Waals surface area contributed by atoms with Crippen molar-refractivity contribution < 1.29 is 10.0 Å². The molecule has 2 N–H and O–H groups in total. The molecule has 1 aromatic rings. The van der Waals surface area contributed by atoms with Crippen LogP contribution in [0.5, 0.6) is 0 Å². The Kier molecular flexibility index (Phi) is 4.67. The quantitative estimate of drug-likeness (QED) is 0.603. The first-order valence-corrected chi connectivity index (χ1v) is 6.06. The average molecular weight is 252 g/mol. The van der Waals surface area contributed by atoms with Gasteiger partial charge in [-0.15, -0.1) is 0 Å². The Morgan fingerprint density at radius 2 is 2.17 bits per heavy atom. The lowest BCUT2D eigenvalue weighted by atomic mass is 9.94. The number of rotatable bonds is 6. The van der Waals surface area contributed by atoms with E-state index in [0.29, 0.717) is 17.7 Å². The molecule has 0 aliphatic heterocycles. The highest BCUT2D eigenvalue weighted by Crippen LogP contribution is 2.26. The number of hydrogen-bond donors (Lipinski definition) is 2. The highest BCUT2D eigenvalue weighted by atomic mass is 16.6. The van der Waals surface area contributed by atoms with Crippen LogP contribution in [0.1, 0.15) is 32.3 Å². The van der Waals surface area contributed by atoms with E-state index < -0.39 is 0 Å². The van der Waals surface area contributed by atoms with Gasteiger partial charge < -0.3 is 10.4 Å². The molecular weight excluding hydrogens is 232 g/mol. The molecule has 0 fully saturated rings. The van der Waals surface area contributed by atoms with E-state index in [1.807, 2.05) is 19.9 Å². The maximum Gasteiger partial charge on any atom is 0.274 e. The molecule has 0 saturated heterocycles. The second kappa shape index (κ2) is 5.82. The number of aliphatic hydroxyl groups is 1. The van der Waals surface area contributed by atoms with Gasteiger partial charge in [-0.3, -0.25) is 10.1 Å². The van der Waals surface area contributed by atoms with Crippen LogP contribution >= 0.6 is 0 Å². The second-order valence-corrected chi connectivity index (χ2v) is 4.77. The van der Waals surface area contributed by atoms with E-state index in [1.165, 1.54) is 0 Å². The molecule has 0 spiro atoms. The molecule has 1 aromatic carbocycles. The summed E-state index contributed by atoms with van der Waals surface area (Å²) in [5.41, 5.74) is 1.22. The van der Waals surface area contributed by atoms with Crippen LogP contribution in [-0.4, -0.2) is 22.2 Å². The fraction of sp³-hybridized carbons (Fsp3) is 0.538. The number of aryl methyl sites for hydroxylation is 1. The van der Waals surface area contributed by atoms with Crippen molar-refractivity contribution in [3.8, 4) is 0 Å². The number of anilines is 1. The van der Waals surface area contributed by atoms with E-state index in [-0.39, 0.29) is 22.8 Å². The van der Waals surface area contributed by atoms with Gasteiger partial charge in [0.05, 0.1) is 4.92 Å². The molecule has 1 rings (SSSR count). The molecule has 0 aliphatic rings. The minimum Gasteiger partial charge on any atom is -0.396 e. The molecule has 0 bridgehead atoms. The number of nitrogens with one attached hydrogen (secondary N) is 1. The molecule has 0 aromatic heterocycles. The zero-order valence-corrected chi connectivity index (χ0v) is 11.1. The molecule has 5 heteroatoms. The zero-order valence-electron chi connectivity index (χ0n) is 11.1. The van der Waals surface area contributed by atoms with Crippen molar-refractivity contribution in [3.63, 3.8) is 0 Å². The van der Waals surface area contributed by atoms with Crippen LogP contribution in [0, 0.1) is 17.0 Å². The van der Waals surface area contributed by atoms with Crippen LogP contribution in [0.2, 0.25) is 0 Å². The van der Waals surface area contributed by atoms with Crippen molar-refractivity contribution in [2.24, 2.45) is 0 Å². The monoisotopic (exact) mass is 252 g/mol. The molecule has 18 heavy (non-hydrogen) atoms. The molecule has 0 radical (unpaired) electrons. The summed E-state index contributed by atoms with van der Waals surface area (Å²) in [6.07, 6.45) is 1.43. The van der Waals surface area contributed by atoms with Gasteiger partial charge in [-0.05, 0) is 32.8 Å². The van der Waals surface area contributed by atoms with Crippen LogP contribution in [-0.2, 0) is 0 Å². The summed E-state index contributed by atoms with van der Waals surface area (Å²) in [7, 11) is 0. The van der Waals surface area contributed by atoms with E-state index in [9.17, 15) is 10.1 Å². The van der Waals surface area contributed by atoms with Gasteiger partial charge in [0.2, 0.25) is 0 Å². The maximum atomic E-state index is 10.9. The van der Waals surface area contributed by atoms with E-state index in [1.54, 1.807) is 19.1 Å². The van der Waals surface area contributed by atoms with E-state index in [2.05, 4.69) is 5.32 Å². The lowest BCUT2D eigenvalue weighted by Gasteiger charge is -2.30. The third-order valence-electron chi connectivity index (χ3n) is 3.30. The Bertz CT molecular complexity index is 434. The summed E-state index contributed by atoms with van der Waals surface area (Å²) in [5, 5.41) is 23.2. The number of aliphatic hydroxyl groups excluding tert-OH is 1. The SMILES string of the molecule is CCC(C)(CCO)Nc1ccc(C)c([N+](=O)[O-])c1. The summed E-state index contributed by atoms with van der Waals surface area (Å²) in [4.78, 5) is 10.5. The van der Waals surface area contributed by atoms with Gasteiger partial charge in [0, 0.05) is 29.5 Å². The average Bonchev–Trinajstić information content (AvgIpc) is 2.31. The number of nitro benzene ring substituents is 1. The topological polar surface area (TPSA) is 75.4 Å². The van der Waals surface area contributed by atoms with Crippen molar-refractivity contribution in [1.82, 2.24) is 0 Å². The minimum atomic E-state index is -0.379. The van der Waals surface area contributed by atoms with E-state index >= 15 is 0 Å². The predicted molar refractivity (Wildman–Crippen MR) is 71.9 cm³/mol. The van der Waals surface area contributed by atoms with Crippen LogP contribution < -0.4 is 5.32 Å². The van der Waals surface area contributed by atoms with Crippen molar-refractivity contribution in [3.05, 3.63) is 33.9 Å². The van der Waals surface area contributed by atoms with Crippen LogP contribution in [0.4, 0.5) is 11.4 Å². The van der Waals surface area contributed by atoms with E-state index in [0.717, 1.165) is 6.42 Å². The first kappa shape index (κ1) is 14.4. The number of nitro groups is 1. The van der Waals surface area contributed by atoms with Crippen molar-refractivity contribution in [1.29, 1.82) is 0 Å². The van der Waals surface area contributed by atoms with Crippen LogP contribution in [0.15, 0.2) is 18.2 Å². The zero-order chi connectivity index (χ0) is 13.8. The van der Waals surface area contributed by atoms with Crippen LogP contribution in [0.3, 0.4) is 0 Å². The summed E-state index contributed by atoms with van der Waals surface area (Å²) in [6.45, 7) is 5.82. The summed E-state index contributed by atoms with van der Waals surface area (Å²) >= 11 is 0. The maximum absolute atomic E-state index is 10.9. The van der Waals surface area contributed by atoms with Gasteiger partial charge in [-0.1, -0.05) is 13.0 Å². The lowest BCUT2D eigenvalue weighted by Crippen LogP contribution is -2.35. The Hall–Kier alpha value is -1.62. The van der Waals surface area contributed by atoms with Gasteiger partial charge in [0.25, 0.3) is 5.69 Å². The third-order valence-corrected chi connectivity index (χ3v) is 3.30. The Morgan fingerprint density at radius 3 is 2.67 bits per heavy atom. The normalized spacial score (nSPS) is 14.0. The van der Waals surface area contributed by atoms with Gasteiger partial charge in [-0.2, -0.15) is 0 Å². The van der Waals surface area contributed by atoms with Gasteiger partial charge >= 0.3 is 0 Å².